The van der Waals surface area contributed by atoms with Crippen LogP contribution in [-0.2, 0) is 4.74 Å². The monoisotopic (exact) mass is 537 g/mol. The lowest BCUT2D eigenvalue weighted by Crippen LogP contribution is -2.55. The molecule has 1 saturated heterocycles. The van der Waals surface area contributed by atoms with Gasteiger partial charge in [-0.2, -0.15) is 4.98 Å². The molecule has 0 aliphatic carbocycles. The molecule has 0 saturated carbocycles. The van der Waals surface area contributed by atoms with Crippen molar-refractivity contribution >= 4 is 23.1 Å². The van der Waals surface area contributed by atoms with E-state index in [1.807, 2.05) is 77.0 Å². The molecule has 1 aliphatic rings. The zero-order valence-corrected chi connectivity index (χ0v) is 23.8. The number of amides is 1. The molecular formula is C28H36FN7O3. The molecule has 10 nitrogen and oxygen atoms in total. The molecule has 0 radical (unpaired) electrons. The second kappa shape index (κ2) is 10.6. The zero-order chi connectivity index (χ0) is 28.6. The van der Waals surface area contributed by atoms with Gasteiger partial charge in [-0.1, -0.05) is 13.8 Å². The second-order valence-electron chi connectivity index (χ2n) is 10.6. The number of aromatic nitrogens is 5. The summed E-state index contributed by atoms with van der Waals surface area (Å²) in [7, 11) is 0. The Morgan fingerprint density at radius 3 is 2.41 bits per heavy atom. The van der Waals surface area contributed by atoms with Crippen molar-refractivity contribution in [2.24, 2.45) is 0 Å². The van der Waals surface area contributed by atoms with Crippen LogP contribution in [0.1, 0.15) is 52.8 Å². The molecule has 1 atom stereocenters. The third-order valence-corrected chi connectivity index (χ3v) is 6.33. The summed E-state index contributed by atoms with van der Waals surface area (Å²) < 4.78 is 23.8. The van der Waals surface area contributed by atoms with Gasteiger partial charge in [0.15, 0.2) is 17.3 Å². The van der Waals surface area contributed by atoms with Crippen molar-refractivity contribution in [1.82, 2.24) is 28.7 Å². The Hall–Kier alpha value is -4.02. The number of carbonyl (C=O) groups is 1. The van der Waals surface area contributed by atoms with Crippen molar-refractivity contribution in [2.75, 3.05) is 24.5 Å². The number of hydrogen-bond acceptors (Lipinski definition) is 7. The van der Waals surface area contributed by atoms with Crippen LogP contribution in [0.5, 0.6) is 0 Å². The molecule has 208 valence electrons. The maximum atomic E-state index is 15.3. The Balaban J connectivity index is 0.00000172. The van der Waals surface area contributed by atoms with Gasteiger partial charge in [0.1, 0.15) is 11.2 Å². The number of halogens is 1. The fraction of sp³-hybridized carbons (Fsp3) is 0.464. The Labute approximate surface area is 227 Å². The number of carbonyl (C=O) groups excluding carboxylic acids is 1. The summed E-state index contributed by atoms with van der Waals surface area (Å²) in [4.78, 5) is 42.2. The predicted octanol–water partition coefficient (Wildman–Crippen LogP) is 4.63. The summed E-state index contributed by atoms with van der Waals surface area (Å²) >= 11 is 0. The average molecular weight is 538 g/mol. The van der Waals surface area contributed by atoms with Gasteiger partial charge in [-0.15, -0.1) is 0 Å². The highest BCUT2D eigenvalue weighted by Gasteiger charge is 2.31. The summed E-state index contributed by atoms with van der Waals surface area (Å²) in [5.74, 6) is -0.482. The number of fused-ring (bicyclic) bond motifs is 2. The number of aryl methyl sites for hydroxylation is 2. The largest absolute Gasteiger partial charge is 0.444 e. The topological polar surface area (TPSA) is 97.3 Å². The van der Waals surface area contributed by atoms with Crippen molar-refractivity contribution in [3.8, 4) is 11.4 Å². The van der Waals surface area contributed by atoms with E-state index in [2.05, 4.69) is 15.0 Å². The maximum absolute atomic E-state index is 15.3. The van der Waals surface area contributed by atoms with Gasteiger partial charge in [0, 0.05) is 55.9 Å². The van der Waals surface area contributed by atoms with E-state index in [1.54, 1.807) is 17.3 Å². The minimum absolute atomic E-state index is 0.0984. The highest BCUT2D eigenvalue weighted by molar-refractivity contribution is 5.69. The van der Waals surface area contributed by atoms with E-state index in [9.17, 15) is 9.59 Å². The number of anilines is 1. The van der Waals surface area contributed by atoms with Gasteiger partial charge in [0.2, 0.25) is 0 Å². The second-order valence-corrected chi connectivity index (χ2v) is 10.6. The lowest BCUT2D eigenvalue weighted by atomic mass is 10.1. The highest BCUT2D eigenvalue weighted by Crippen LogP contribution is 2.24. The molecule has 1 aliphatic heterocycles. The van der Waals surface area contributed by atoms with Gasteiger partial charge in [-0.3, -0.25) is 0 Å². The molecule has 11 heteroatoms. The first-order valence-electron chi connectivity index (χ1n) is 13.2. The molecule has 0 N–H and O–H groups in total. The number of piperazine rings is 1. The van der Waals surface area contributed by atoms with E-state index in [1.165, 1.54) is 6.07 Å². The first-order valence-corrected chi connectivity index (χ1v) is 13.2. The SMILES string of the molecule is CC.Cc1cn2cc(-c3nc(=O)n4cc(N5CCN(C(=O)OC(C)(C)C)C(C)C5)cc(F)c4n3)cc(C)c2n1. The molecule has 5 rings (SSSR count). The van der Waals surface area contributed by atoms with Crippen LogP contribution in [0, 0.1) is 19.7 Å². The van der Waals surface area contributed by atoms with Crippen LogP contribution in [0.3, 0.4) is 0 Å². The molecule has 0 spiro atoms. The molecule has 0 bridgehead atoms. The Bertz CT molecular complexity index is 1590. The first-order chi connectivity index (χ1) is 18.4. The molecule has 1 fully saturated rings. The van der Waals surface area contributed by atoms with E-state index >= 15 is 4.39 Å². The van der Waals surface area contributed by atoms with Crippen molar-refractivity contribution in [3.05, 3.63) is 58.3 Å². The van der Waals surface area contributed by atoms with Crippen LogP contribution < -0.4 is 10.6 Å². The summed E-state index contributed by atoms with van der Waals surface area (Å²) in [5, 5.41) is 0. The molecule has 5 heterocycles. The van der Waals surface area contributed by atoms with E-state index in [0.717, 1.165) is 21.3 Å². The van der Waals surface area contributed by atoms with E-state index in [-0.39, 0.29) is 23.6 Å². The number of rotatable bonds is 2. The molecule has 0 aromatic carbocycles. The van der Waals surface area contributed by atoms with Crippen LogP contribution in [0.2, 0.25) is 0 Å². The minimum atomic E-state index is -0.628. The van der Waals surface area contributed by atoms with Crippen LogP contribution in [0.25, 0.3) is 22.7 Å². The maximum Gasteiger partial charge on any atom is 0.410 e. The summed E-state index contributed by atoms with van der Waals surface area (Å²) in [5.41, 5.74) is 2.36. The smallest absolute Gasteiger partial charge is 0.410 e. The third-order valence-electron chi connectivity index (χ3n) is 6.33. The molecule has 1 unspecified atom stereocenters. The van der Waals surface area contributed by atoms with Gasteiger partial charge < -0.3 is 18.9 Å². The van der Waals surface area contributed by atoms with Crippen molar-refractivity contribution in [2.45, 2.75) is 67.0 Å². The zero-order valence-electron chi connectivity index (χ0n) is 23.8. The van der Waals surface area contributed by atoms with Crippen LogP contribution in [-0.4, -0.2) is 66.0 Å². The van der Waals surface area contributed by atoms with E-state index in [0.29, 0.717) is 30.9 Å². The van der Waals surface area contributed by atoms with Crippen LogP contribution in [0.4, 0.5) is 14.9 Å². The highest BCUT2D eigenvalue weighted by atomic mass is 19.1. The molecule has 4 aromatic rings. The molecular weight excluding hydrogens is 501 g/mol. The number of hydrogen-bond donors (Lipinski definition) is 0. The van der Waals surface area contributed by atoms with Gasteiger partial charge in [0.25, 0.3) is 0 Å². The Kier molecular flexibility index (Phi) is 7.63. The minimum Gasteiger partial charge on any atom is -0.444 e. The lowest BCUT2D eigenvalue weighted by molar-refractivity contribution is 0.0159. The number of pyridine rings is 2. The fourth-order valence-electron chi connectivity index (χ4n) is 4.66. The lowest BCUT2D eigenvalue weighted by Gasteiger charge is -2.41. The number of ether oxygens (including phenoxy) is 1. The van der Waals surface area contributed by atoms with Gasteiger partial charge >= 0.3 is 11.8 Å². The van der Waals surface area contributed by atoms with E-state index in [4.69, 9.17) is 4.74 Å². The van der Waals surface area contributed by atoms with Gasteiger partial charge in [0.05, 0.1) is 11.4 Å². The Morgan fingerprint density at radius 1 is 1.03 bits per heavy atom. The van der Waals surface area contributed by atoms with Crippen molar-refractivity contribution in [1.29, 1.82) is 0 Å². The third kappa shape index (κ3) is 5.71. The van der Waals surface area contributed by atoms with Crippen molar-refractivity contribution < 1.29 is 13.9 Å². The van der Waals surface area contributed by atoms with Crippen molar-refractivity contribution in [3.63, 3.8) is 0 Å². The number of imidazole rings is 1. The average Bonchev–Trinajstić information content (AvgIpc) is 3.25. The number of nitrogens with zero attached hydrogens (tertiary/aromatic N) is 7. The van der Waals surface area contributed by atoms with Crippen LogP contribution in [0.15, 0.2) is 35.5 Å². The first kappa shape index (κ1) is 28.0. The van der Waals surface area contributed by atoms with Gasteiger partial charge in [-0.05, 0) is 53.2 Å². The van der Waals surface area contributed by atoms with E-state index < -0.39 is 17.1 Å². The van der Waals surface area contributed by atoms with Gasteiger partial charge in [-0.25, -0.2) is 28.3 Å². The Morgan fingerprint density at radius 2 is 1.74 bits per heavy atom. The van der Waals surface area contributed by atoms with Crippen LogP contribution >= 0.6 is 0 Å². The quantitative estimate of drug-likeness (QED) is 0.368. The standard InChI is InChI=1S/C26H30FN7O3.C2H6/c1-15-9-18(13-32-11-16(2)28-22(15)32)21-29-23-20(27)10-19(14-34(23)24(35)30-21)31-7-8-33(17(3)12-31)25(36)37-26(4,5)6;1-2/h9-11,13-14,17H,7-8,12H2,1-6H3;1-2H3. The fourth-order valence-corrected chi connectivity index (χ4v) is 4.66. The normalized spacial score (nSPS) is 15.9. The predicted molar refractivity (Wildman–Crippen MR) is 149 cm³/mol. The summed E-state index contributed by atoms with van der Waals surface area (Å²) in [6.45, 7) is 16.5. The molecule has 39 heavy (non-hydrogen) atoms. The summed E-state index contributed by atoms with van der Waals surface area (Å²) in [6, 6.07) is 3.04. The molecule has 4 aromatic heterocycles. The molecule has 1 amide bonds. The summed E-state index contributed by atoms with van der Waals surface area (Å²) in [6.07, 6.45) is 4.83.